The van der Waals surface area contributed by atoms with Gasteiger partial charge in [-0.2, -0.15) is 8.42 Å². The average molecular weight is 524 g/mol. The van der Waals surface area contributed by atoms with Crippen molar-refractivity contribution in [1.29, 1.82) is 0 Å². The molecule has 2 amide bonds. The number of hydrogen-bond donors (Lipinski definition) is 0. The summed E-state index contributed by atoms with van der Waals surface area (Å²) < 4.78 is 48.3. The maximum Gasteiger partial charge on any atom is 0.297 e. The summed E-state index contributed by atoms with van der Waals surface area (Å²) in [7, 11) is -0.519. The third kappa shape index (κ3) is 9.08. The number of carbonyl (C=O) groups is 2. The van der Waals surface area contributed by atoms with Gasteiger partial charge in [0.2, 0.25) is 0 Å². The first-order chi connectivity index (χ1) is 17.3. The van der Waals surface area contributed by atoms with Crippen molar-refractivity contribution >= 4 is 21.9 Å². The molecule has 0 saturated heterocycles. The van der Waals surface area contributed by atoms with Crippen molar-refractivity contribution in [3.05, 3.63) is 65.2 Å². The molecule has 0 saturated carbocycles. The lowest BCUT2D eigenvalue weighted by atomic mass is 10.1. The number of imide groups is 1. The first-order valence-electron chi connectivity index (χ1n) is 11.4. The predicted octanol–water partition coefficient (Wildman–Crippen LogP) is 2.31. The van der Waals surface area contributed by atoms with Gasteiger partial charge in [0.05, 0.1) is 68.8 Å². The van der Waals surface area contributed by atoms with Crippen molar-refractivity contribution < 1.29 is 41.1 Å². The Morgan fingerprint density at radius 2 is 1.19 bits per heavy atom. The number of aryl methyl sites for hydroxylation is 1. The van der Waals surface area contributed by atoms with Gasteiger partial charge in [0.1, 0.15) is 0 Å². The highest BCUT2D eigenvalue weighted by Crippen LogP contribution is 2.21. The Morgan fingerprint density at radius 3 is 1.72 bits per heavy atom. The summed E-state index contributed by atoms with van der Waals surface area (Å²) in [5.41, 5.74) is 1.94. The van der Waals surface area contributed by atoms with Crippen LogP contribution in [0.3, 0.4) is 0 Å². The molecule has 11 heteroatoms. The van der Waals surface area contributed by atoms with Gasteiger partial charge in [-0.25, -0.2) is 0 Å². The third-order valence-electron chi connectivity index (χ3n) is 4.98. The van der Waals surface area contributed by atoms with Crippen LogP contribution in [0.4, 0.5) is 0 Å². The maximum absolute atomic E-state index is 12.0. The lowest BCUT2D eigenvalue weighted by Crippen LogP contribution is -2.33. The lowest BCUT2D eigenvalue weighted by molar-refractivity contribution is 0.0459. The molecule has 10 nitrogen and oxygen atoms in total. The topological polar surface area (TPSA) is 118 Å². The van der Waals surface area contributed by atoms with E-state index in [0.29, 0.717) is 44.2 Å². The smallest absolute Gasteiger partial charge is 0.297 e. The zero-order valence-electron chi connectivity index (χ0n) is 20.8. The molecule has 0 aliphatic carbocycles. The molecule has 0 unspecified atom stereocenters. The molecule has 3 rings (SSSR count). The fourth-order valence-corrected chi connectivity index (χ4v) is 3.96. The molecule has 198 valence electrons. The van der Waals surface area contributed by atoms with Crippen LogP contribution in [-0.2, 0) is 33.2 Å². The SMILES string of the molecule is COCCOCCN1C(=O)c2ccccc2C1=O.COCCOCCOS(=O)(=O)c1ccc(C)cc1. The van der Waals surface area contributed by atoms with Gasteiger partial charge in [-0.15, -0.1) is 0 Å². The number of methoxy groups -OCH3 is 2. The fourth-order valence-electron chi connectivity index (χ4n) is 3.06. The third-order valence-corrected chi connectivity index (χ3v) is 6.30. The second kappa shape index (κ2) is 15.4. The van der Waals surface area contributed by atoms with Gasteiger partial charge in [0.15, 0.2) is 0 Å². The van der Waals surface area contributed by atoms with Crippen LogP contribution in [0.25, 0.3) is 0 Å². The number of amides is 2. The van der Waals surface area contributed by atoms with Crippen molar-refractivity contribution in [2.75, 3.05) is 67.0 Å². The van der Waals surface area contributed by atoms with Crippen molar-refractivity contribution in [3.63, 3.8) is 0 Å². The molecular weight excluding hydrogens is 490 g/mol. The number of carbonyl (C=O) groups excluding carboxylic acids is 2. The molecule has 2 aromatic rings. The molecule has 36 heavy (non-hydrogen) atoms. The van der Waals surface area contributed by atoms with E-state index in [9.17, 15) is 18.0 Å². The summed E-state index contributed by atoms with van der Waals surface area (Å²) in [5.74, 6) is -0.489. The summed E-state index contributed by atoms with van der Waals surface area (Å²) in [6.45, 7) is 4.57. The van der Waals surface area contributed by atoms with Crippen molar-refractivity contribution in [2.45, 2.75) is 11.8 Å². The molecule has 0 bridgehead atoms. The molecule has 1 aliphatic heterocycles. The van der Waals surface area contributed by atoms with E-state index in [1.54, 1.807) is 50.6 Å². The molecule has 0 fully saturated rings. The van der Waals surface area contributed by atoms with Gasteiger partial charge in [0.25, 0.3) is 21.9 Å². The van der Waals surface area contributed by atoms with E-state index < -0.39 is 10.1 Å². The highest BCUT2D eigenvalue weighted by molar-refractivity contribution is 7.86. The Labute approximate surface area is 212 Å². The number of rotatable bonds is 14. The second-order valence-electron chi connectivity index (χ2n) is 7.61. The molecule has 0 spiro atoms. The number of benzene rings is 2. The first-order valence-corrected chi connectivity index (χ1v) is 12.8. The lowest BCUT2D eigenvalue weighted by Gasteiger charge is -2.13. The van der Waals surface area contributed by atoms with Gasteiger partial charge in [-0.05, 0) is 31.2 Å². The van der Waals surface area contributed by atoms with Crippen LogP contribution < -0.4 is 0 Å². The van der Waals surface area contributed by atoms with Gasteiger partial charge in [0, 0.05) is 14.2 Å². The van der Waals surface area contributed by atoms with E-state index >= 15 is 0 Å². The van der Waals surface area contributed by atoms with Gasteiger partial charge >= 0.3 is 0 Å². The Kier molecular flexibility index (Phi) is 12.7. The van der Waals surface area contributed by atoms with Crippen molar-refractivity contribution in [1.82, 2.24) is 4.90 Å². The summed E-state index contributed by atoms with van der Waals surface area (Å²) in [5, 5.41) is 0. The Balaban J connectivity index is 0.000000254. The minimum absolute atomic E-state index is 0.0000753. The van der Waals surface area contributed by atoms with E-state index in [1.165, 1.54) is 17.0 Å². The van der Waals surface area contributed by atoms with E-state index in [0.717, 1.165) is 5.56 Å². The summed E-state index contributed by atoms with van der Waals surface area (Å²) in [4.78, 5) is 25.3. The van der Waals surface area contributed by atoms with E-state index in [2.05, 4.69) is 0 Å². The molecular formula is C25H33NO9S. The highest BCUT2D eigenvalue weighted by Gasteiger charge is 2.34. The van der Waals surface area contributed by atoms with Crippen molar-refractivity contribution in [3.8, 4) is 0 Å². The Hall–Kier alpha value is -2.67. The van der Waals surface area contributed by atoms with Crippen molar-refractivity contribution in [2.24, 2.45) is 0 Å². The van der Waals surface area contributed by atoms with Crippen LogP contribution in [-0.4, -0.2) is 92.1 Å². The van der Waals surface area contributed by atoms with Crippen LogP contribution in [0.2, 0.25) is 0 Å². The predicted molar refractivity (Wildman–Crippen MR) is 132 cm³/mol. The molecule has 1 heterocycles. The number of ether oxygens (including phenoxy) is 4. The number of fused-ring (bicyclic) bond motifs is 1. The van der Waals surface area contributed by atoms with Gasteiger partial charge < -0.3 is 18.9 Å². The Bertz CT molecular complexity index is 1040. The summed E-state index contributed by atoms with van der Waals surface area (Å²) in [6, 6.07) is 13.3. The summed E-state index contributed by atoms with van der Waals surface area (Å²) >= 11 is 0. The molecule has 0 aromatic heterocycles. The molecule has 0 atom stereocenters. The van der Waals surface area contributed by atoms with Crippen LogP contribution in [0, 0.1) is 6.92 Å². The number of nitrogens with zero attached hydrogens (tertiary/aromatic N) is 1. The first kappa shape index (κ1) is 29.6. The molecule has 1 aliphatic rings. The maximum atomic E-state index is 12.0. The largest absolute Gasteiger partial charge is 0.382 e. The average Bonchev–Trinajstić information content (AvgIpc) is 3.11. The molecule has 0 radical (unpaired) electrons. The van der Waals surface area contributed by atoms with Gasteiger partial charge in [-0.3, -0.25) is 18.7 Å². The van der Waals surface area contributed by atoms with E-state index in [1.807, 2.05) is 6.92 Å². The quantitative estimate of drug-likeness (QED) is 0.209. The van der Waals surface area contributed by atoms with Gasteiger partial charge in [-0.1, -0.05) is 29.8 Å². The van der Waals surface area contributed by atoms with Crippen LogP contribution in [0.1, 0.15) is 26.3 Å². The van der Waals surface area contributed by atoms with E-state index in [4.69, 9.17) is 23.1 Å². The highest BCUT2D eigenvalue weighted by atomic mass is 32.2. The standard InChI is InChI=1S/C13H15NO4.C12H18O5S/c1-17-8-9-18-7-6-14-12(15)10-4-2-3-5-11(10)13(14)16;1-11-3-5-12(6-4-11)18(13,14)17-10-9-16-8-7-15-2/h2-5H,6-9H2,1H3;3-6H,7-10H2,1-2H3. The summed E-state index contributed by atoms with van der Waals surface area (Å²) in [6.07, 6.45) is 0. The minimum atomic E-state index is -3.68. The Morgan fingerprint density at radius 1 is 0.694 bits per heavy atom. The van der Waals surface area contributed by atoms with Crippen LogP contribution >= 0.6 is 0 Å². The zero-order valence-corrected chi connectivity index (χ0v) is 21.6. The minimum Gasteiger partial charge on any atom is -0.382 e. The van der Waals surface area contributed by atoms with E-state index in [-0.39, 0.29) is 36.5 Å². The monoisotopic (exact) mass is 523 g/mol. The fraction of sp³-hybridized carbons (Fsp3) is 0.440. The normalized spacial score (nSPS) is 12.9. The number of hydrogen-bond acceptors (Lipinski definition) is 9. The molecule has 2 aromatic carbocycles. The van der Waals surface area contributed by atoms with Crippen LogP contribution in [0.5, 0.6) is 0 Å². The second-order valence-corrected chi connectivity index (χ2v) is 9.22. The molecule has 0 N–H and O–H groups in total. The van der Waals surface area contributed by atoms with Crippen LogP contribution in [0.15, 0.2) is 53.4 Å². The zero-order chi connectivity index (χ0) is 26.4.